The average molecular weight is 366 g/mol. The number of benzene rings is 1. The van der Waals surface area contributed by atoms with E-state index in [1.165, 1.54) is 5.56 Å². The highest BCUT2D eigenvalue weighted by molar-refractivity contribution is 7.87. The summed E-state index contributed by atoms with van der Waals surface area (Å²) in [4.78, 5) is 2.41. The summed E-state index contributed by atoms with van der Waals surface area (Å²) in [6.07, 6.45) is 2.87. The van der Waals surface area contributed by atoms with Crippen LogP contribution in [0.5, 0.6) is 0 Å². The minimum Gasteiger partial charge on any atom is -0.299 e. The first-order valence-corrected chi connectivity index (χ1v) is 10.9. The highest BCUT2D eigenvalue weighted by atomic mass is 32.2. The molecule has 140 valence electrons. The van der Waals surface area contributed by atoms with Crippen LogP contribution in [0.3, 0.4) is 0 Å². The van der Waals surface area contributed by atoms with Crippen molar-refractivity contribution in [3.8, 4) is 0 Å². The van der Waals surface area contributed by atoms with Crippen molar-refractivity contribution in [3.05, 3.63) is 35.9 Å². The smallest absolute Gasteiger partial charge is 0.279 e. The van der Waals surface area contributed by atoms with Crippen molar-refractivity contribution < 1.29 is 8.42 Å². The van der Waals surface area contributed by atoms with E-state index >= 15 is 0 Å². The van der Waals surface area contributed by atoms with E-state index in [-0.39, 0.29) is 6.04 Å². The van der Waals surface area contributed by atoms with Crippen molar-refractivity contribution in [1.82, 2.24) is 13.9 Å². The molecule has 0 spiro atoms. The van der Waals surface area contributed by atoms with E-state index in [2.05, 4.69) is 47.7 Å². The number of nitrogens with zero attached hydrogens (tertiary/aromatic N) is 2. The van der Waals surface area contributed by atoms with E-state index in [0.29, 0.717) is 24.9 Å². The van der Waals surface area contributed by atoms with Crippen LogP contribution in [0.4, 0.5) is 0 Å². The van der Waals surface area contributed by atoms with Crippen LogP contribution in [-0.2, 0) is 16.8 Å². The highest BCUT2D eigenvalue weighted by Gasteiger charge is 2.32. The van der Waals surface area contributed by atoms with Gasteiger partial charge in [0.2, 0.25) is 0 Å². The summed E-state index contributed by atoms with van der Waals surface area (Å²) in [6, 6.07) is 10.5. The lowest BCUT2D eigenvalue weighted by atomic mass is 9.94. The monoisotopic (exact) mass is 365 g/mol. The first-order chi connectivity index (χ1) is 11.9. The number of hydrogen-bond donors (Lipinski definition) is 1. The number of piperidine rings is 2. The molecular formula is C19H31N3O2S. The zero-order chi connectivity index (χ0) is 17.9. The Morgan fingerprint density at radius 2 is 1.64 bits per heavy atom. The van der Waals surface area contributed by atoms with Crippen molar-refractivity contribution >= 4 is 10.2 Å². The molecule has 5 nitrogen and oxygen atoms in total. The second-order valence-electron chi connectivity index (χ2n) is 7.92. The standard InChI is InChI=1S/C19H31N3O2S/c1-16-12-17(2)14-22(13-16)25(23,24)20-19-8-10-21(11-9-19)15-18-6-4-3-5-7-18/h3-7,16-17,19-20H,8-15H2,1-2H3. The molecule has 2 fully saturated rings. The summed E-state index contributed by atoms with van der Waals surface area (Å²) in [5.41, 5.74) is 1.32. The Morgan fingerprint density at radius 3 is 2.24 bits per heavy atom. The fourth-order valence-electron chi connectivity index (χ4n) is 4.14. The Bertz CT molecular complexity index is 632. The third-order valence-electron chi connectivity index (χ3n) is 5.33. The molecule has 3 rings (SSSR count). The number of hydrogen-bond acceptors (Lipinski definition) is 3. The van der Waals surface area contributed by atoms with Crippen LogP contribution in [0, 0.1) is 11.8 Å². The first kappa shape index (κ1) is 18.8. The third kappa shape index (κ3) is 5.26. The van der Waals surface area contributed by atoms with Gasteiger partial charge in [-0.25, -0.2) is 0 Å². The Morgan fingerprint density at radius 1 is 1.04 bits per heavy atom. The average Bonchev–Trinajstić information content (AvgIpc) is 2.56. The van der Waals surface area contributed by atoms with Gasteiger partial charge < -0.3 is 0 Å². The van der Waals surface area contributed by atoms with Gasteiger partial charge in [0.25, 0.3) is 10.2 Å². The first-order valence-electron chi connectivity index (χ1n) is 9.46. The van der Waals surface area contributed by atoms with E-state index in [1.807, 2.05) is 6.07 Å². The minimum absolute atomic E-state index is 0.0598. The summed E-state index contributed by atoms with van der Waals surface area (Å²) in [5.74, 6) is 0.876. The van der Waals surface area contributed by atoms with E-state index in [0.717, 1.165) is 38.9 Å². The van der Waals surface area contributed by atoms with Crippen LogP contribution in [0.15, 0.2) is 30.3 Å². The van der Waals surface area contributed by atoms with Gasteiger partial charge in [-0.2, -0.15) is 17.4 Å². The summed E-state index contributed by atoms with van der Waals surface area (Å²) < 4.78 is 30.1. The molecule has 0 saturated carbocycles. The van der Waals surface area contributed by atoms with Gasteiger partial charge in [0.1, 0.15) is 0 Å². The molecule has 2 heterocycles. The van der Waals surface area contributed by atoms with Crippen molar-refractivity contribution in [2.45, 2.75) is 45.7 Å². The van der Waals surface area contributed by atoms with Crippen LogP contribution in [0.1, 0.15) is 38.7 Å². The molecule has 6 heteroatoms. The summed E-state index contributed by atoms with van der Waals surface area (Å²) in [5, 5.41) is 0. The van der Waals surface area contributed by atoms with Gasteiger partial charge in [-0.15, -0.1) is 0 Å². The SMILES string of the molecule is CC1CC(C)CN(S(=O)(=O)NC2CCN(Cc3ccccc3)CC2)C1. The van der Waals surface area contributed by atoms with Crippen LogP contribution in [0.25, 0.3) is 0 Å². The van der Waals surface area contributed by atoms with E-state index in [4.69, 9.17) is 0 Å². The lowest BCUT2D eigenvalue weighted by Crippen LogP contribution is -2.52. The molecule has 0 amide bonds. The number of likely N-dealkylation sites (tertiary alicyclic amines) is 1. The molecule has 2 aliphatic rings. The Hall–Kier alpha value is -0.950. The molecule has 2 saturated heterocycles. The third-order valence-corrected chi connectivity index (χ3v) is 6.94. The van der Waals surface area contributed by atoms with Gasteiger partial charge in [0.15, 0.2) is 0 Å². The van der Waals surface area contributed by atoms with E-state index in [9.17, 15) is 8.42 Å². The maximum atomic E-state index is 12.7. The molecule has 2 aliphatic heterocycles. The molecule has 0 radical (unpaired) electrons. The van der Waals surface area contributed by atoms with Crippen molar-refractivity contribution in [2.24, 2.45) is 11.8 Å². The summed E-state index contributed by atoms with van der Waals surface area (Å²) in [7, 11) is -3.36. The van der Waals surface area contributed by atoms with Crippen LogP contribution in [-0.4, -0.2) is 49.8 Å². The van der Waals surface area contributed by atoms with Gasteiger partial charge in [-0.3, -0.25) is 4.90 Å². The second-order valence-corrected chi connectivity index (χ2v) is 9.62. The molecule has 25 heavy (non-hydrogen) atoms. The van der Waals surface area contributed by atoms with Crippen molar-refractivity contribution in [1.29, 1.82) is 0 Å². The predicted octanol–water partition coefficient (Wildman–Crippen LogP) is 2.46. The molecule has 0 aromatic heterocycles. The topological polar surface area (TPSA) is 52.7 Å². The molecule has 0 aliphatic carbocycles. The summed E-state index contributed by atoms with van der Waals surface area (Å²) >= 11 is 0. The molecule has 1 N–H and O–H groups in total. The van der Waals surface area contributed by atoms with Gasteiger partial charge in [0, 0.05) is 38.8 Å². The summed E-state index contributed by atoms with van der Waals surface area (Å²) in [6.45, 7) is 8.39. The van der Waals surface area contributed by atoms with Crippen molar-refractivity contribution in [2.75, 3.05) is 26.2 Å². The fourth-order valence-corrected chi connectivity index (χ4v) is 5.85. The Labute approximate surface area is 152 Å². The molecule has 0 bridgehead atoms. The Balaban J connectivity index is 1.49. The molecule has 2 unspecified atom stereocenters. The van der Waals surface area contributed by atoms with Crippen LogP contribution < -0.4 is 4.72 Å². The molecule has 1 aromatic rings. The lowest BCUT2D eigenvalue weighted by molar-refractivity contribution is 0.193. The fraction of sp³-hybridized carbons (Fsp3) is 0.684. The maximum Gasteiger partial charge on any atom is 0.279 e. The van der Waals surface area contributed by atoms with Crippen LogP contribution >= 0.6 is 0 Å². The van der Waals surface area contributed by atoms with E-state index in [1.54, 1.807) is 4.31 Å². The maximum absolute atomic E-state index is 12.7. The zero-order valence-corrected chi connectivity index (χ0v) is 16.2. The van der Waals surface area contributed by atoms with Gasteiger partial charge in [-0.1, -0.05) is 44.2 Å². The molecule has 1 aromatic carbocycles. The minimum atomic E-state index is -3.36. The normalized spacial score (nSPS) is 27.4. The van der Waals surface area contributed by atoms with Gasteiger partial charge in [0.05, 0.1) is 0 Å². The molecule has 2 atom stereocenters. The van der Waals surface area contributed by atoms with Gasteiger partial charge in [-0.05, 0) is 36.7 Å². The Kier molecular flexibility index (Phi) is 6.15. The van der Waals surface area contributed by atoms with Crippen LogP contribution in [0.2, 0.25) is 0 Å². The largest absolute Gasteiger partial charge is 0.299 e. The second kappa shape index (κ2) is 8.16. The molecular weight excluding hydrogens is 334 g/mol. The number of rotatable bonds is 5. The lowest BCUT2D eigenvalue weighted by Gasteiger charge is -2.37. The van der Waals surface area contributed by atoms with E-state index < -0.39 is 10.2 Å². The van der Waals surface area contributed by atoms with Crippen molar-refractivity contribution in [3.63, 3.8) is 0 Å². The zero-order valence-electron chi connectivity index (χ0n) is 15.4. The quantitative estimate of drug-likeness (QED) is 0.872. The number of nitrogens with one attached hydrogen (secondary N) is 1. The highest BCUT2D eigenvalue weighted by Crippen LogP contribution is 2.23. The van der Waals surface area contributed by atoms with Gasteiger partial charge >= 0.3 is 0 Å². The predicted molar refractivity (Wildman–Crippen MR) is 101 cm³/mol.